The number of nitriles is 1. The fraction of sp³-hybridized carbons (Fsp3) is 0.438. The molecule has 0 aromatic heterocycles. The van der Waals surface area contributed by atoms with Crippen LogP contribution < -0.4 is 10.7 Å². The molecule has 110 valence electrons. The lowest BCUT2D eigenvalue weighted by Crippen LogP contribution is -2.44. The molecule has 0 radical (unpaired) electrons. The first-order chi connectivity index (χ1) is 10.2. The summed E-state index contributed by atoms with van der Waals surface area (Å²) in [5.41, 5.74) is 4.42. The summed E-state index contributed by atoms with van der Waals surface area (Å²) in [6.07, 6.45) is 6.70. The molecule has 0 unspecified atom stereocenters. The Morgan fingerprint density at radius 1 is 1.33 bits per heavy atom. The van der Waals surface area contributed by atoms with E-state index in [1.54, 1.807) is 18.3 Å². The Balaban J connectivity index is 1.80. The molecule has 0 amide bonds. The SMILES string of the molecule is C[C@H]1CCCC[C@@H]1NC(=S)N/N=C\c1ccc(C#N)cc1. The van der Waals surface area contributed by atoms with Crippen molar-refractivity contribution in [2.75, 3.05) is 0 Å². The fourth-order valence-electron chi connectivity index (χ4n) is 2.54. The molecule has 2 atom stereocenters. The molecule has 0 aliphatic heterocycles. The standard InChI is InChI=1S/C16H20N4S/c1-12-4-2-3-5-15(12)19-16(21)20-18-11-14-8-6-13(10-17)7-9-14/h6-9,11-12,15H,2-5H2,1H3,(H2,19,20,21)/b18-11-/t12-,15-/m0/s1. The molecule has 0 bridgehead atoms. The van der Waals surface area contributed by atoms with Gasteiger partial charge in [0, 0.05) is 6.04 Å². The lowest BCUT2D eigenvalue weighted by atomic mass is 9.86. The molecule has 2 N–H and O–H groups in total. The monoisotopic (exact) mass is 300 g/mol. The normalized spacial score (nSPS) is 21.7. The van der Waals surface area contributed by atoms with E-state index in [0.29, 0.717) is 22.6 Å². The van der Waals surface area contributed by atoms with Gasteiger partial charge in [0.15, 0.2) is 5.11 Å². The van der Waals surface area contributed by atoms with Gasteiger partial charge in [-0.3, -0.25) is 5.43 Å². The molecule has 4 nitrogen and oxygen atoms in total. The molecule has 0 saturated heterocycles. The van der Waals surface area contributed by atoms with E-state index in [9.17, 15) is 0 Å². The average molecular weight is 300 g/mol. The Kier molecular flexibility index (Phi) is 5.70. The van der Waals surface area contributed by atoms with E-state index >= 15 is 0 Å². The number of hydrogen-bond donors (Lipinski definition) is 2. The van der Waals surface area contributed by atoms with Gasteiger partial charge in [-0.2, -0.15) is 10.4 Å². The maximum absolute atomic E-state index is 8.73. The molecule has 2 rings (SSSR count). The molecule has 1 aromatic carbocycles. The lowest BCUT2D eigenvalue weighted by molar-refractivity contribution is 0.308. The number of nitrogens with one attached hydrogen (secondary N) is 2. The first-order valence-corrected chi connectivity index (χ1v) is 7.69. The second-order valence-electron chi connectivity index (χ2n) is 5.45. The topological polar surface area (TPSA) is 60.2 Å². The molecule has 1 aliphatic rings. The van der Waals surface area contributed by atoms with Crippen LogP contribution in [0.4, 0.5) is 0 Å². The Morgan fingerprint density at radius 2 is 2.05 bits per heavy atom. The third-order valence-corrected chi connectivity index (χ3v) is 4.06. The van der Waals surface area contributed by atoms with Gasteiger partial charge in [-0.05, 0) is 48.7 Å². The van der Waals surface area contributed by atoms with Crippen LogP contribution in [0.5, 0.6) is 0 Å². The number of rotatable bonds is 3. The van der Waals surface area contributed by atoms with Crippen LogP contribution in [0, 0.1) is 17.2 Å². The summed E-state index contributed by atoms with van der Waals surface area (Å²) in [7, 11) is 0. The first kappa shape index (κ1) is 15.5. The summed E-state index contributed by atoms with van der Waals surface area (Å²) < 4.78 is 0. The minimum Gasteiger partial charge on any atom is -0.358 e. The number of hydrazone groups is 1. The van der Waals surface area contributed by atoms with Crippen molar-refractivity contribution in [3.05, 3.63) is 35.4 Å². The Morgan fingerprint density at radius 3 is 2.71 bits per heavy atom. The van der Waals surface area contributed by atoms with Gasteiger partial charge in [0.2, 0.25) is 0 Å². The maximum atomic E-state index is 8.73. The summed E-state index contributed by atoms with van der Waals surface area (Å²) in [5.74, 6) is 0.654. The van der Waals surface area contributed by atoms with Crippen LogP contribution in [0.3, 0.4) is 0 Å². The molecular formula is C16H20N4S. The zero-order valence-electron chi connectivity index (χ0n) is 12.2. The van der Waals surface area contributed by atoms with Gasteiger partial charge >= 0.3 is 0 Å². The van der Waals surface area contributed by atoms with Crippen LogP contribution >= 0.6 is 12.2 Å². The zero-order chi connectivity index (χ0) is 15.1. The second-order valence-corrected chi connectivity index (χ2v) is 5.85. The van der Waals surface area contributed by atoms with E-state index in [4.69, 9.17) is 17.5 Å². The molecule has 21 heavy (non-hydrogen) atoms. The van der Waals surface area contributed by atoms with Gasteiger partial charge < -0.3 is 5.32 Å². The number of benzene rings is 1. The van der Waals surface area contributed by atoms with Gasteiger partial charge in [-0.25, -0.2) is 0 Å². The maximum Gasteiger partial charge on any atom is 0.187 e. The summed E-state index contributed by atoms with van der Waals surface area (Å²) >= 11 is 5.26. The van der Waals surface area contributed by atoms with Gasteiger partial charge in [0.25, 0.3) is 0 Å². The summed E-state index contributed by atoms with van der Waals surface area (Å²) in [6, 6.07) is 9.77. The third-order valence-electron chi connectivity index (χ3n) is 3.85. The minimum atomic E-state index is 0.448. The van der Waals surface area contributed by atoms with E-state index in [2.05, 4.69) is 28.8 Å². The van der Waals surface area contributed by atoms with E-state index in [-0.39, 0.29) is 0 Å². The number of nitrogens with zero attached hydrogens (tertiary/aromatic N) is 2. The Bertz CT molecular complexity index is 544. The van der Waals surface area contributed by atoms with Crippen LogP contribution in [-0.2, 0) is 0 Å². The zero-order valence-corrected chi connectivity index (χ0v) is 13.0. The molecule has 1 saturated carbocycles. The summed E-state index contributed by atoms with van der Waals surface area (Å²) in [4.78, 5) is 0. The third kappa shape index (κ3) is 4.83. The predicted octanol–water partition coefficient (Wildman–Crippen LogP) is 2.93. The van der Waals surface area contributed by atoms with Crippen LogP contribution in [0.15, 0.2) is 29.4 Å². The highest BCUT2D eigenvalue weighted by atomic mass is 32.1. The Hall–Kier alpha value is -1.93. The predicted molar refractivity (Wildman–Crippen MR) is 89.0 cm³/mol. The highest BCUT2D eigenvalue weighted by molar-refractivity contribution is 7.80. The molecule has 0 heterocycles. The van der Waals surface area contributed by atoms with Gasteiger partial charge in [0.05, 0.1) is 17.8 Å². The van der Waals surface area contributed by atoms with Crippen LogP contribution in [0.1, 0.15) is 43.7 Å². The van der Waals surface area contributed by atoms with E-state index in [0.717, 1.165) is 5.56 Å². The number of hydrogen-bond acceptors (Lipinski definition) is 3. The highest BCUT2D eigenvalue weighted by Crippen LogP contribution is 2.23. The van der Waals surface area contributed by atoms with Crippen molar-refractivity contribution in [3.63, 3.8) is 0 Å². The quantitative estimate of drug-likeness (QED) is 0.512. The molecular weight excluding hydrogens is 280 g/mol. The highest BCUT2D eigenvalue weighted by Gasteiger charge is 2.21. The van der Waals surface area contributed by atoms with Crippen LogP contribution in [-0.4, -0.2) is 17.4 Å². The average Bonchev–Trinajstić information content (AvgIpc) is 2.50. The van der Waals surface area contributed by atoms with Crippen molar-refractivity contribution in [2.24, 2.45) is 11.0 Å². The molecule has 1 fully saturated rings. The van der Waals surface area contributed by atoms with Crippen LogP contribution in [0.25, 0.3) is 0 Å². The van der Waals surface area contributed by atoms with Crippen molar-refractivity contribution in [1.82, 2.24) is 10.7 Å². The number of thiocarbonyl (C=S) groups is 1. The van der Waals surface area contributed by atoms with Gasteiger partial charge in [-0.1, -0.05) is 31.9 Å². The molecule has 5 heteroatoms. The minimum absolute atomic E-state index is 0.448. The van der Waals surface area contributed by atoms with Crippen molar-refractivity contribution >= 4 is 23.5 Å². The van der Waals surface area contributed by atoms with Gasteiger partial charge in [0.1, 0.15) is 0 Å². The molecule has 0 spiro atoms. The van der Waals surface area contributed by atoms with Crippen molar-refractivity contribution in [2.45, 2.75) is 38.6 Å². The molecule has 1 aromatic rings. The summed E-state index contributed by atoms with van der Waals surface area (Å²) in [6.45, 7) is 2.26. The fourth-order valence-corrected chi connectivity index (χ4v) is 2.74. The smallest absolute Gasteiger partial charge is 0.187 e. The van der Waals surface area contributed by atoms with Crippen molar-refractivity contribution in [1.29, 1.82) is 5.26 Å². The summed E-state index contributed by atoms with van der Waals surface area (Å²) in [5, 5.41) is 16.8. The van der Waals surface area contributed by atoms with Gasteiger partial charge in [-0.15, -0.1) is 0 Å². The van der Waals surface area contributed by atoms with E-state index < -0.39 is 0 Å². The van der Waals surface area contributed by atoms with E-state index in [1.165, 1.54) is 25.7 Å². The van der Waals surface area contributed by atoms with Crippen molar-refractivity contribution < 1.29 is 0 Å². The largest absolute Gasteiger partial charge is 0.358 e. The van der Waals surface area contributed by atoms with Crippen LogP contribution in [0.2, 0.25) is 0 Å². The van der Waals surface area contributed by atoms with Crippen molar-refractivity contribution in [3.8, 4) is 6.07 Å². The lowest BCUT2D eigenvalue weighted by Gasteiger charge is -2.30. The second kappa shape index (κ2) is 7.75. The molecule has 1 aliphatic carbocycles. The van der Waals surface area contributed by atoms with E-state index in [1.807, 2.05) is 12.1 Å². The Labute approximate surface area is 131 Å². The first-order valence-electron chi connectivity index (χ1n) is 7.29.